The number of pyridine rings is 1. The van der Waals surface area contributed by atoms with E-state index in [4.69, 9.17) is 4.98 Å². The lowest BCUT2D eigenvalue weighted by Gasteiger charge is -2.33. The van der Waals surface area contributed by atoms with Crippen LogP contribution >= 0.6 is 0 Å². The summed E-state index contributed by atoms with van der Waals surface area (Å²) >= 11 is 0. The molecule has 0 atom stereocenters. The number of nitrogens with zero attached hydrogens (tertiary/aromatic N) is 1. The summed E-state index contributed by atoms with van der Waals surface area (Å²) in [5.41, 5.74) is 4.09. The van der Waals surface area contributed by atoms with Crippen molar-refractivity contribution in [3.63, 3.8) is 0 Å². The molecule has 2 aliphatic carbocycles. The second-order valence-corrected chi connectivity index (χ2v) is 10.8. The molecule has 2 aromatic carbocycles. The number of fused-ring (bicyclic) bond motifs is 1. The van der Waals surface area contributed by atoms with Crippen molar-refractivity contribution >= 4 is 11.6 Å². The topological polar surface area (TPSA) is 47.0 Å². The highest BCUT2D eigenvalue weighted by atomic mass is 19.2. The molecule has 1 saturated carbocycles. The molecule has 0 radical (unpaired) electrons. The standard InChI is InChI=1S/C30H29F2NO2/c1-17-8-10-19(11-9-17)29(35)27-25(20-12-13-21(31)22(32)14-20)26-23(15-30(2,3)16-24(26)34)33-28(27)18-6-4-5-7-18/h8-14,18H,4-7,15-16H2,1-3H3. The summed E-state index contributed by atoms with van der Waals surface area (Å²) in [5, 5.41) is 0. The molecular weight excluding hydrogens is 444 g/mol. The fourth-order valence-corrected chi connectivity index (χ4v) is 5.64. The molecule has 0 spiro atoms. The summed E-state index contributed by atoms with van der Waals surface area (Å²) in [6.07, 6.45) is 4.81. The molecule has 0 unspecified atom stereocenters. The summed E-state index contributed by atoms with van der Waals surface area (Å²) in [4.78, 5) is 32.6. The minimum atomic E-state index is -1.01. The monoisotopic (exact) mass is 473 g/mol. The summed E-state index contributed by atoms with van der Waals surface area (Å²) < 4.78 is 28.4. The Morgan fingerprint density at radius 2 is 1.63 bits per heavy atom. The molecule has 1 fully saturated rings. The Bertz CT molecular complexity index is 1340. The molecule has 3 nitrogen and oxygen atoms in total. The number of halogens is 2. The van der Waals surface area contributed by atoms with Gasteiger partial charge in [-0.3, -0.25) is 14.6 Å². The number of Topliss-reactive ketones (excluding diaryl/α,β-unsaturated/α-hetero) is 1. The van der Waals surface area contributed by atoms with Gasteiger partial charge in [0.05, 0.1) is 17.0 Å². The number of hydrogen-bond acceptors (Lipinski definition) is 3. The van der Waals surface area contributed by atoms with Crippen LogP contribution in [0.5, 0.6) is 0 Å². The summed E-state index contributed by atoms with van der Waals surface area (Å²) in [5.74, 6) is -2.23. The molecule has 1 aromatic heterocycles. The Kier molecular flexibility index (Phi) is 5.90. The zero-order valence-corrected chi connectivity index (χ0v) is 20.4. The zero-order valence-electron chi connectivity index (χ0n) is 20.4. The van der Waals surface area contributed by atoms with Gasteiger partial charge in [-0.15, -0.1) is 0 Å². The van der Waals surface area contributed by atoms with Crippen LogP contribution in [0.2, 0.25) is 0 Å². The van der Waals surface area contributed by atoms with Crippen molar-refractivity contribution in [2.75, 3.05) is 0 Å². The van der Waals surface area contributed by atoms with Gasteiger partial charge in [-0.25, -0.2) is 8.78 Å². The molecule has 180 valence electrons. The quantitative estimate of drug-likeness (QED) is 0.372. The normalized spacial score (nSPS) is 17.5. The van der Waals surface area contributed by atoms with Gasteiger partial charge in [-0.2, -0.15) is 0 Å². The van der Waals surface area contributed by atoms with Crippen molar-refractivity contribution in [2.24, 2.45) is 5.41 Å². The van der Waals surface area contributed by atoms with Crippen molar-refractivity contribution in [3.05, 3.63) is 87.7 Å². The van der Waals surface area contributed by atoms with Gasteiger partial charge in [0.1, 0.15) is 0 Å². The molecular formula is C30H29F2NO2. The lowest BCUT2D eigenvalue weighted by molar-refractivity contribution is 0.0911. The van der Waals surface area contributed by atoms with E-state index < -0.39 is 11.6 Å². The van der Waals surface area contributed by atoms with Crippen molar-refractivity contribution in [3.8, 4) is 11.1 Å². The zero-order chi connectivity index (χ0) is 24.9. The minimum absolute atomic E-state index is 0.0916. The SMILES string of the molecule is Cc1ccc(C(=O)c2c(C3CCCC3)nc3c(c2-c2ccc(F)c(F)c2)C(=O)CC(C)(C)C3)cc1. The van der Waals surface area contributed by atoms with Gasteiger partial charge in [0.25, 0.3) is 0 Å². The third-order valence-electron chi connectivity index (χ3n) is 7.36. The van der Waals surface area contributed by atoms with Crippen LogP contribution in [0, 0.1) is 24.0 Å². The first-order valence-electron chi connectivity index (χ1n) is 12.3. The number of benzene rings is 2. The van der Waals surface area contributed by atoms with Crippen LogP contribution < -0.4 is 0 Å². The van der Waals surface area contributed by atoms with E-state index in [1.54, 1.807) is 12.1 Å². The molecule has 5 heteroatoms. The second kappa shape index (κ2) is 8.78. The highest BCUT2D eigenvalue weighted by Gasteiger charge is 2.38. The third-order valence-corrected chi connectivity index (χ3v) is 7.36. The number of carbonyl (C=O) groups is 2. The maximum Gasteiger partial charge on any atom is 0.195 e. The van der Waals surface area contributed by atoms with E-state index >= 15 is 0 Å². The summed E-state index contributed by atoms with van der Waals surface area (Å²) in [6, 6.07) is 10.9. The predicted molar refractivity (Wildman–Crippen MR) is 132 cm³/mol. The van der Waals surface area contributed by atoms with Crippen molar-refractivity contribution < 1.29 is 18.4 Å². The average molecular weight is 474 g/mol. The lowest BCUT2D eigenvalue weighted by atomic mass is 9.72. The number of hydrogen-bond donors (Lipinski definition) is 0. The van der Waals surface area contributed by atoms with E-state index in [1.165, 1.54) is 6.07 Å². The summed E-state index contributed by atoms with van der Waals surface area (Å²) in [6.45, 7) is 6.02. The third kappa shape index (κ3) is 4.33. The largest absolute Gasteiger partial charge is 0.294 e. The summed E-state index contributed by atoms with van der Waals surface area (Å²) in [7, 11) is 0. The first-order chi connectivity index (χ1) is 16.6. The van der Waals surface area contributed by atoms with E-state index in [-0.39, 0.29) is 22.9 Å². The van der Waals surface area contributed by atoms with Crippen LogP contribution in [-0.4, -0.2) is 16.6 Å². The van der Waals surface area contributed by atoms with E-state index in [2.05, 4.69) is 0 Å². The maximum atomic E-state index is 14.5. The molecule has 0 bridgehead atoms. The van der Waals surface area contributed by atoms with Gasteiger partial charge >= 0.3 is 0 Å². The Hall–Kier alpha value is -3.21. The van der Waals surface area contributed by atoms with E-state index in [1.807, 2.05) is 32.9 Å². The number of aryl methyl sites for hydroxylation is 1. The number of rotatable bonds is 4. The van der Waals surface area contributed by atoms with Crippen molar-refractivity contribution in [1.29, 1.82) is 0 Å². The molecule has 0 saturated heterocycles. The molecule has 0 amide bonds. The van der Waals surface area contributed by atoms with Gasteiger partial charge < -0.3 is 0 Å². The fourth-order valence-electron chi connectivity index (χ4n) is 5.64. The Labute approximate surface area is 204 Å². The average Bonchev–Trinajstić information content (AvgIpc) is 3.34. The van der Waals surface area contributed by atoms with Gasteiger partial charge in [0, 0.05) is 29.0 Å². The van der Waals surface area contributed by atoms with Crippen LogP contribution in [-0.2, 0) is 6.42 Å². The van der Waals surface area contributed by atoms with Crippen LogP contribution in [0.15, 0.2) is 42.5 Å². The molecule has 2 aliphatic rings. The number of aromatic nitrogens is 1. The molecule has 1 heterocycles. The first-order valence-corrected chi connectivity index (χ1v) is 12.3. The van der Waals surface area contributed by atoms with Crippen LogP contribution in [0.25, 0.3) is 11.1 Å². The molecule has 35 heavy (non-hydrogen) atoms. The van der Waals surface area contributed by atoms with Gasteiger partial charge in [0.15, 0.2) is 23.2 Å². The Balaban J connectivity index is 1.86. The van der Waals surface area contributed by atoms with Gasteiger partial charge in [-0.05, 0) is 49.3 Å². The van der Waals surface area contributed by atoms with Gasteiger partial charge in [-0.1, -0.05) is 62.6 Å². The maximum absolute atomic E-state index is 14.5. The molecule has 0 N–H and O–H groups in total. The first kappa shape index (κ1) is 23.5. The number of ketones is 2. The predicted octanol–water partition coefficient (Wildman–Crippen LogP) is 7.38. The Morgan fingerprint density at radius 3 is 2.29 bits per heavy atom. The van der Waals surface area contributed by atoms with E-state index in [9.17, 15) is 18.4 Å². The molecule has 3 aromatic rings. The highest BCUT2D eigenvalue weighted by Crippen LogP contribution is 2.45. The van der Waals surface area contributed by atoms with Crippen molar-refractivity contribution in [1.82, 2.24) is 4.98 Å². The molecule has 0 aliphatic heterocycles. The van der Waals surface area contributed by atoms with Crippen molar-refractivity contribution in [2.45, 2.75) is 65.2 Å². The van der Waals surface area contributed by atoms with Crippen LogP contribution in [0.3, 0.4) is 0 Å². The molecule has 5 rings (SSSR count). The van der Waals surface area contributed by atoms with Crippen LogP contribution in [0.4, 0.5) is 8.78 Å². The smallest absolute Gasteiger partial charge is 0.195 e. The van der Waals surface area contributed by atoms with Crippen LogP contribution in [0.1, 0.15) is 95.1 Å². The number of carbonyl (C=O) groups excluding carboxylic acids is 2. The minimum Gasteiger partial charge on any atom is -0.294 e. The Morgan fingerprint density at radius 1 is 0.943 bits per heavy atom. The van der Waals surface area contributed by atoms with E-state index in [0.29, 0.717) is 52.0 Å². The fraction of sp³-hybridized carbons (Fsp3) is 0.367. The van der Waals surface area contributed by atoms with E-state index in [0.717, 1.165) is 43.4 Å². The second-order valence-electron chi connectivity index (χ2n) is 10.8. The lowest BCUT2D eigenvalue weighted by Crippen LogP contribution is -2.30. The van der Waals surface area contributed by atoms with Gasteiger partial charge in [0.2, 0.25) is 0 Å². The highest BCUT2D eigenvalue weighted by molar-refractivity contribution is 6.17.